The van der Waals surface area contributed by atoms with Gasteiger partial charge in [0, 0.05) is 19.2 Å². The fourth-order valence-electron chi connectivity index (χ4n) is 4.60. The molecule has 3 aliphatic heterocycles. The Morgan fingerprint density at radius 2 is 2.03 bits per heavy atom. The minimum Gasteiger partial charge on any atom is -0.388 e. The molecule has 7 nitrogen and oxygen atoms in total. The van der Waals surface area contributed by atoms with Gasteiger partial charge in [0.25, 0.3) is 5.56 Å². The molecule has 1 aromatic heterocycles. The molecular formula is C19H27F3N4O3. The maximum absolute atomic E-state index is 13.8. The van der Waals surface area contributed by atoms with Crippen molar-refractivity contribution in [3.8, 4) is 0 Å². The lowest BCUT2D eigenvalue weighted by molar-refractivity contribution is -0.154. The van der Waals surface area contributed by atoms with E-state index >= 15 is 0 Å². The molecule has 2 bridgehead atoms. The zero-order valence-electron chi connectivity index (χ0n) is 16.7. The van der Waals surface area contributed by atoms with Crippen molar-refractivity contribution in [3.05, 3.63) is 16.4 Å². The van der Waals surface area contributed by atoms with Gasteiger partial charge in [0.15, 0.2) is 0 Å². The molecule has 0 aliphatic carbocycles. The summed E-state index contributed by atoms with van der Waals surface area (Å²) in [4.78, 5) is 20.3. The van der Waals surface area contributed by atoms with Gasteiger partial charge in [0.05, 0.1) is 30.9 Å². The van der Waals surface area contributed by atoms with Crippen LogP contribution in [0.2, 0.25) is 0 Å². The molecule has 162 valence electrons. The van der Waals surface area contributed by atoms with Crippen molar-refractivity contribution in [2.24, 2.45) is 0 Å². The second-order valence-electron chi connectivity index (χ2n) is 8.31. The van der Waals surface area contributed by atoms with Gasteiger partial charge in [-0.05, 0) is 25.7 Å². The molecule has 1 aromatic rings. The second-order valence-corrected chi connectivity index (χ2v) is 8.31. The van der Waals surface area contributed by atoms with Crippen LogP contribution in [-0.4, -0.2) is 64.3 Å². The summed E-state index contributed by atoms with van der Waals surface area (Å²) in [5.41, 5.74) is -1.66. The third-order valence-corrected chi connectivity index (χ3v) is 6.59. The van der Waals surface area contributed by atoms with Crippen LogP contribution in [0.25, 0.3) is 0 Å². The maximum Gasteiger partial charge on any atom is 0.408 e. The summed E-state index contributed by atoms with van der Waals surface area (Å²) in [5, 5.41) is 10.8. The number of nitrogens with zero attached hydrogens (tertiary/aromatic N) is 4. The van der Waals surface area contributed by atoms with Gasteiger partial charge in [0.2, 0.25) is 5.95 Å². The van der Waals surface area contributed by atoms with Crippen LogP contribution in [0.15, 0.2) is 10.9 Å². The van der Waals surface area contributed by atoms with Crippen LogP contribution >= 0.6 is 0 Å². The molecule has 2 fully saturated rings. The Hall–Kier alpha value is -1.81. The predicted molar refractivity (Wildman–Crippen MR) is 101 cm³/mol. The van der Waals surface area contributed by atoms with Crippen molar-refractivity contribution in [1.82, 2.24) is 9.55 Å². The zero-order chi connectivity index (χ0) is 21.0. The third kappa shape index (κ3) is 3.61. The molecule has 1 N–H and O–H groups in total. The molecule has 3 aliphatic rings. The Morgan fingerprint density at radius 1 is 1.31 bits per heavy atom. The predicted octanol–water partition coefficient (Wildman–Crippen LogP) is 1.91. The lowest BCUT2D eigenvalue weighted by Gasteiger charge is -2.43. The van der Waals surface area contributed by atoms with Gasteiger partial charge in [0.1, 0.15) is 11.9 Å². The highest BCUT2D eigenvalue weighted by molar-refractivity contribution is 5.49. The summed E-state index contributed by atoms with van der Waals surface area (Å²) in [7, 11) is 0. The molecule has 0 amide bonds. The SMILES string of the molecule is CCC(O)(CC)CN1c2nc(N3CC4CC3CO4)cc(=O)n2CC[C@H]1C(F)(F)F. The molecule has 0 saturated carbocycles. The number of aliphatic hydroxyl groups is 1. The Balaban J connectivity index is 1.77. The van der Waals surface area contributed by atoms with E-state index < -0.39 is 17.8 Å². The van der Waals surface area contributed by atoms with Crippen LogP contribution in [0.5, 0.6) is 0 Å². The molecule has 10 heteroatoms. The first-order chi connectivity index (χ1) is 13.6. The van der Waals surface area contributed by atoms with Crippen LogP contribution in [0.1, 0.15) is 39.5 Å². The van der Waals surface area contributed by atoms with Gasteiger partial charge in [-0.25, -0.2) is 0 Å². The monoisotopic (exact) mass is 416 g/mol. The largest absolute Gasteiger partial charge is 0.408 e. The van der Waals surface area contributed by atoms with E-state index in [9.17, 15) is 23.1 Å². The molecule has 4 heterocycles. The van der Waals surface area contributed by atoms with E-state index in [-0.39, 0.29) is 43.2 Å². The minimum atomic E-state index is -4.48. The van der Waals surface area contributed by atoms with Gasteiger partial charge in [-0.15, -0.1) is 0 Å². The molecule has 2 unspecified atom stereocenters. The van der Waals surface area contributed by atoms with Crippen molar-refractivity contribution in [3.63, 3.8) is 0 Å². The highest BCUT2D eigenvalue weighted by Gasteiger charge is 2.49. The summed E-state index contributed by atoms with van der Waals surface area (Å²) in [6.45, 7) is 4.33. The van der Waals surface area contributed by atoms with Crippen LogP contribution in [0.3, 0.4) is 0 Å². The molecule has 0 aromatic carbocycles. The summed E-state index contributed by atoms with van der Waals surface area (Å²) in [6, 6.07) is -0.288. The fourth-order valence-corrected chi connectivity index (χ4v) is 4.60. The number of anilines is 2. The highest BCUT2D eigenvalue weighted by Crippen LogP contribution is 2.37. The van der Waals surface area contributed by atoms with E-state index in [0.717, 1.165) is 11.3 Å². The summed E-state index contributed by atoms with van der Waals surface area (Å²) < 4.78 is 48.4. The Morgan fingerprint density at radius 3 is 2.59 bits per heavy atom. The van der Waals surface area contributed by atoms with Crippen molar-refractivity contribution in [1.29, 1.82) is 0 Å². The van der Waals surface area contributed by atoms with Gasteiger partial charge in [-0.2, -0.15) is 18.2 Å². The Bertz CT molecular complexity index is 824. The van der Waals surface area contributed by atoms with Crippen LogP contribution in [0.4, 0.5) is 24.9 Å². The maximum atomic E-state index is 13.8. The standard InChI is InChI=1S/C19H27F3N4O3/c1-3-18(28,4-2)11-26-14(19(20,21)22)5-6-24-16(27)8-15(23-17(24)26)25-9-13-7-12(25)10-29-13/h8,12-14,28H,3-7,9-11H2,1-2H3/t12?,13?,14-/m0/s1. The van der Waals surface area contributed by atoms with E-state index in [4.69, 9.17) is 4.74 Å². The fraction of sp³-hybridized carbons (Fsp3) is 0.789. The molecule has 0 spiro atoms. The smallest absolute Gasteiger partial charge is 0.388 e. The van der Waals surface area contributed by atoms with Crippen molar-refractivity contribution < 1.29 is 23.0 Å². The Kier molecular flexibility index (Phi) is 5.05. The molecule has 3 atom stereocenters. The van der Waals surface area contributed by atoms with E-state index in [0.29, 0.717) is 31.8 Å². The summed E-state index contributed by atoms with van der Waals surface area (Å²) >= 11 is 0. The average molecular weight is 416 g/mol. The molecular weight excluding hydrogens is 389 g/mol. The zero-order valence-corrected chi connectivity index (χ0v) is 16.7. The summed E-state index contributed by atoms with van der Waals surface area (Å²) in [6.07, 6.45) is -3.21. The van der Waals surface area contributed by atoms with E-state index in [1.165, 1.54) is 10.6 Å². The van der Waals surface area contributed by atoms with Crippen LogP contribution < -0.4 is 15.4 Å². The first-order valence-electron chi connectivity index (χ1n) is 10.2. The number of rotatable bonds is 5. The lowest BCUT2D eigenvalue weighted by Crippen LogP contribution is -2.57. The molecule has 0 radical (unpaired) electrons. The first kappa shape index (κ1) is 20.5. The van der Waals surface area contributed by atoms with Crippen molar-refractivity contribution >= 4 is 11.8 Å². The van der Waals surface area contributed by atoms with Crippen LogP contribution in [-0.2, 0) is 11.3 Å². The third-order valence-electron chi connectivity index (χ3n) is 6.59. The van der Waals surface area contributed by atoms with E-state index in [2.05, 4.69) is 4.98 Å². The number of halogens is 3. The molecule has 29 heavy (non-hydrogen) atoms. The van der Waals surface area contributed by atoms with Gasteiger partial charge < -0.3 is 19.6 Å². The number of alkyl halides is 3. The first-order valence-corrected chi connectivity index (χ1v) is 10.2. The minimum absolute atomic E-state index is 0.00917. The van der Waals surface area contributed by atoms with Crippen molar-refractivity contribution in [2.45, 2.75) is 76.0 Å². The number of β-amino-alcohol motifs (C(OH)–C–C–N with tert-alkyl or cyclic N) is 1. The molecule has 4 rings (SSSR count). The van der Waals surface area contributed by atoms with E-state index in [1.54, 1.807) is 13.8 Å². The van der Waals surface area contributed by atoms with Gasteiger partial charge in [-0.3, -0.25) is 9.36 Å². The highest BCUT2D eigenvalue weighted by atomic mass is 19.4. The van der Waals surface area contributed by atoms with Crippen LogP contribution in [0, 0.1) is 0 Å². The Labute approximate surface area is 167 Å². The average Bonchev–Trinajstić information content (AvgIpc) is 3.31. The number of hydrogen-bond acceptors (Lipinski definition) is 6. The van der Waals surface area contributed by atoms with Gasteiger partial charge >= 0.3 is 6.18 Å². The number of fused-ring (bicyclic) bond motifs is 3. The number of ether oxygens (including phenoxy) is 1. The van der Waals surface area contributed by atoms with Gasteiger partial charge in [-0.1, -0.05) is 13.8 Å². The van der Waals surface area contributed by atoms with E-state index in [1.807, 2.05) is 4.90 Å². The topological polar surface area (TPSA) is 70.8 Å². The normalized spacial score (nSPS) is 26.9. The molecule has 2 saturated heterocycles. The number of morpholine rings is 1. The second kappa shape index (κ2) is 7.16. The van der Waals surface area contributed by atoms with Crippen molar-refractivity contribution in [2.75, 3.05) is 29.5 Å². The lowest BCUT2D eigenvalue weighted by atomic mass is 9.95. The number of hydrogen-bond donors (Lipinski definition) is 1. The number of aromatic nitrogens is 2. The quantitative estimate of drug-likeness (QED) is 0.791. The summed E-state index contributed by atoms with van der Waals surface area (Å²) in [5.74, 6) is 0.381.